The van der Waals surface area contributed by atoms with Crippen molar-refractivity contribution in [2.75, 3.05) is 18.2 Å². The number of anilines is 2. The molecule has 0 bridgehead atoms. The second-order valence-corrected chi connectivity index (χ2v) is 4.74. The number of amides is 1. The molecule has 0 aliphatic rings. The predicted molar refractivity (Wildman–Crippen MR) is 86.5 cm³/mol. The van der Waals surface area contributed by atoms with Crippen molar-refractivity contribution in [1.82, 2.24) is 0 Å². The first-order chi connectivity index (χ1) is 10.1. The van der Waals surface area contributed by atoms with Gasteiger partial charge in [-0.25, -0.2) is 0 Å². The van der Waals surface area contributed by atoms with Crippen LogP contribution >= 0.6 is 11.6 Å². The van der Waals surface area contributed by atoms with Crippen molar-refractivity contribution in [1.29, 1.82) is 0 Å². The molecule has 108 valence electrons. The number of ether oxygens (including phenoxy) is 1. The van der Waals surface area contributed by atoms with Crippen molar-refractivity contribution in [2.24, 2.45) is 0 Å². The monoisotopic (exact) mass is 302 g/mol. The van der Waals surface area contributed by atoms with Crippen LogP contribution in [0.3, 0.4) is 0 Å². The SMILES string of the molecule is COc1ccc(Cl)c(NC(=O)/C=C/c2ccc(N)cc2)c1. The largest absolute Gasteiger partial charge is 0.497 e. The van der Waals surface area contributed by atoms with Gasteiger partial charge in [-0.05, 0) is 35.9 Å². The van der Waals surface area contributed by atoms with Gasteiger partial charge in [0.25, 0.3) is 0 Å². The minimum absolute atomic E-state index is 0.276. The molecule has 2 aromatic rings. The van der Waals surface area contributed by atoms with Gasteiger partial charge in [-0.1, -0.05) is 23.7 Å². The molecule has 4 nitrogen and oxygen atoms in total. The van der Waals surface area contributed by atoms with E-state index in [1.54, 1.807) is 43.5 Å². The number of benzene rings is 2. The van der Waals surface area contributed by atoms with Gasteiger partial charge in [0, 0.05) is 17.8 Å². The molecule has 0 atom stereocenters. The van der Waals surface area contributed by atoms with E-state index >= 15 is 0 Å². The van der Waals surface area contributed by atoms with E-state index in [0.29, 0.717) is 22.1 Å². The molecule has 0 radical (unpaired) electrons. The number of carbonyl (C=O) groups is 1. The third kappa shape index (κ3) is 4.26. The fourth-order valence-corrected chi connectivity index (χ4v) is 1.85. The molecular weight excluding hydrogens is 288 g/mol. The van der Waals surface area contributed by atoms with Crippen molar-refractivity contribution in [3.63, 3.8) is 0 Å². The molecule has 0 aliphatic carbocycles. The van der Waals surface area contributed by atoms with Gasteiger partial charge < -0.3 is 15.8 Å². The first-order valence-electron chi connectivity index (χ1n) is 6.26. The van der Waals surface area contributed by atoms with E-state index in [1.165, 1.54) is 6.08 Å². The molecular formula is C16H15ClN2O2. The lowest BCUT2D eigenvalue weighted by Crippen LogP contribution is -2.08. The van der Waals surface area contributed by atoms with Crippen LogP contribution in [0.25, 0.3) is 6.08 Å². The normalized spacial score (nSPS) is 10.6. The first-order valence-corrected chi connectivity index (χ1v) is 6.64. The third-order valence-electron chi connectivity index (χ3n) is 2.80. The Kier molecular flexibility index (Phi) is 4.85. The second kappa shape index (κ2) is 6.81. The van der Waals surface area contributed by atoms with Gasteiger partial charge in [-0.2, -0.15) is 0 Å². The molecule has 0 fully saturated rings. The Morgan fingerprint density at radius 2 is 1.95 bits per heavy atom. The van der Waals surface area contributed by atoms with E-state index in [0.717, 1.165) is 5.56 Å². The smallest absolute Gasteiger partial charge is 0.248 e. The summed E-state index contributed by atoms with van der Waals surface area (Å²) in [6.45, 7) is 0. The molecule has 21 heavy (non-hydrogen) atoms. The maximum atomic E-state index is 11.9. The van der Waals surface area contributed by atoms with Crippen LogP contribution in [-0.4, -0.2) is 13.0 Å². The lowest BCUT2D eigenvalue weighted by molar-refractivity contribution is -0.111. The van der Waals surface area contributed by atoms with E-state index in [2.05, 4.69) is 5.32 Å². The minimum atomic E-state index is -0.276. The van der Waals surface area contributed by atoms with Gasteiger partial charge in [0.2, 0.25) is 5.91 Å². The summed E-state index contributed by atoms with van der Waals surface area (Å²) in [6.07, 6.45) is 3.13. The second-order valence-electron chi connectivity index (χ2n) is 4.34. The number of rotatable bonds is 4. The van der Waals surface area contributed by atoms with Gasteiger partial charge in [-0.15, -0.1) is 0 Å². The molecule has 1 amide bonds. The highest BCUT2D eigenvalue weighted by Crippen LogP contribution is 2.26. The Morgan fingerprint density at radius 1 is 1.24 bits per heavy atom. The summed E-state index contributed by atoms with van der Waals surface area (Å²) in [4.78, 5) is 11.9. The standard InChI is InChI=1S/C16H15ClN2O2/c1-21-13-7-8-14(17)15(10-13)19-16(20)9-4-11-2-5-12(18)6-3-11/h2-10H,18H2,1H3,(H,19,20)/b9-4+. The van der Waals surface area contributed by atoms with Crippen LogP contribution in [0, 0.1) is 0 Å². The summed E-state index contributed by atoms with van der Waals surface area (Å²) in [5.41, 5.74) is 7.67. The average molecular weight is 303 g/mol. The zero-order chi connectivity index (χ0) is 15.2. The summed E-state index contributed by atoms with van der Waals surface area (Å²) in [6, 6.07) is 12.3. The number of hydrogen-bond acceptors (Lipinski definition) is 3. The summed E-state index contributed by atoms with van der Waals surface area (Å²) >= 11 is 6.02. The Balaban J connectivity index is 2.06. The van der Waals surface area contributed by atoms with Crippen LogP contribution in [0.15, 0.2) is 48.5 Å². The van der Waals surface area contributed by atoms with E-state index < -0.39 is 0 Å². The van der Waals surface area contributed by atoms with Crippen LogP contribution in [0.5, 0.6) is 5.75 Å². The van der Waals surface area contributed by atoms with Crippen LogP contribution in [0.4, 0.5) is 11.4 Å². The Hall–Kier alpha value is -2.46. The molecule has 0 saturated carbocycles. The fourth-order valence-electron chi connectivity index (χ4n) is 1.68. The highest BCUT2D eigenvalue weighted by Gasteiger charge is 2.05. The zero-order valence-corrected chi connectivity index (χ0v) is 12.2. The van der Waals surface area contributed by atoms with Gasteiger partial charge in [0.15, 0.2) is 0 Å². The van der Waals surface area contributed by atoms with Crippen LogP contribution in [0.1, 0.15) is 5.56 Å². The van der Waals surface area contributed by atoms with Gasteiger partial charge >= 0.3 is 0 Å². The maximum absolute atomic E-state index is 11.9. The van der Waals surface area contributed by atoms with Gasteiger partial charge in [0.05, 0.1) is 17.8 Å². The molecule has 0 aliphatic heterocycles. The summed E-state index contributed by atoms with van der Waals surface area (Å²) in [7, 11) is 1.55. The lowest BCUT2D eigenvalue weighted by Gasteiger charge is -2.07. The molecule has 0 saturated heterocycles. The molecule has 5 heteroatoms. The number of methoxy groups -OCH3 is 1. The summed E-state index contributed by atoms with van der Waals surface area (Å²) < 4.78 is 5.09. The quantitative estimate of drug-likeness (QED) is 0.670. The van der Waals surface area contributed by atoms with E-state index in [4.69, 9.17) is 22.1 Å². The fraction of sp³-hybridized carbons (Fsp3) is 0.0625. The topological polar surface area (TPSA) is 64.3 Å². The third-order valence-corrected chi connectivity index (χ3v) is 3.12. The molecule has 3 N–H and O–H groups in total. The lowest BCUT2D eigenvalue weighted by atomic mass is 10.2. The van der Waals surface area contributed by atoms with Crippen LogP contribution in [0.2, 0.25) is 5.02 Å². The van der Waals surface area contributed by atoms with E-state index in [9.17, 15) is 4.79 Å². The molecule has 2 aromatic carbocycles. The average Bonchev–Trinajstić information content (AvgIpc) is 2.49. The number of nitrogen functional groups attached to an aromatic ring is 1. The summed E-state index contributed by atoms with van der Waals surface area (Å²) in [5, 5.41) is 3.15. The Labute approximate surface area is 128 Å². The number of hydrogen-bond donors (Lipinski definition) is 2. The zero-order valence-electron chi connectivity index (χ0n) is 11.5. The Morgan fingerprint density at radius 3 is 2.62 bits per heavy atom. The highest BCUT2D eigenvalue weighted by atomic mass is 35.5. The summed E-state index contributed by atoms with van der Waals surface area (Å²) in [5.74, 6) is 0.346. The number of nitrogens with two attached hydrogens (primary N) is 1. The number of nitrogens with one attached hydrogen (secondary N) is 1. The van der Waals surface area contributed by atoms with Gasteiger partial charge in [0.1, 0.15) is 5.75 Å². The number of halogens is 1. The van der Waals surface area contributed by atoms with Crippen LogP contribution in [-0.2, 0) is 4.79 Å². The predicted octanol–water partition coefficient (Wildman–Crippen LogP) is 3.58. The molecule has 2 rings (SSSR count). The van der Waals surface area contributed by atoms with Crippen molar-refractivity contribution in [3.8, 4) is 5.75 Å². The van der Waals surface area contributed by atoms with Crippen LogP contribution < -0.4 is 15.8 Å². The maximum Gasteiger partial charge on any atom is 0.248 e. The first kappa shape index (κ1) is 14.9. The van der Waals surface area contributed by atoms with Crippen molar-refractivity contribution in [3.05, 3.63) is 59.1 Å². The van der Waals surface area contributed by atoms with E-state index in [1.807, 2.05) is 12.1 Å². The number of carbonyl (C=O) groups excluding carboxylic acids is 1. The highest BCUT2D eigenvalue weighted by molar-refractivity contribution is 6.33. The van der Waals surface area contributed by atoms with E-state index in [-0.39, 0.29) is 5.91 Å². The van der Waals surface area contributed by atoms with Crippen molar-refractivity contribution in [2.45, 2.75) is 0 Å². The van der Waals surface area contributed by atoms with Gasteiger partial charge in [-0.3, -0.25) is 4.79 Å². The van der Waals surface area contributed by atoms with Crippen molar-refractivity contribution < 1.29 is 9.53 Å². The van der Waals surface area contributed by atoms with Crippen molar-refractivity contribution >= 4 is 35.0 Å². The Bertz CT molecular complexity index is 666. The molecule has 0 heterocycles. The molecule has 0 spiro atoms. The minimum Gasteiger partial charge on any atom is -0.497 e. The molecule has 0 unspecified atom stereocenters. The molecule has 0 aromatic heterocycles.